The standard InChI is InChI=1S/C14H29ClN3/c1-3-14(17-9-4-6-13(17)2)18(10-5-7-15)11-8-16-12-18/h13-14,16H,3-12H2,1-2H3/q+1. The van der Waals surface area contributed by atoms with E-state index in [1.54, 1.807) is 0 Å². The normalized spacial score (nSPS) is 35.2. The third-order valence-electron chi connectivity index (χ3n) is 4.88. The van der Waals surface area contributed by atoms with Crippen molar-refractivity contribution in [3.8, 4) is 0 Å². The fourth-order valence-corrected chi connectivity index (χ4v) is 4.11. The van der Waals surface area contributed by atoms with Gasteiger partial charge in [-0.25, -0.2) is 0 Å². The molecule has 2 heterocycles. The largest absolute Gasteiger partial charge is 0.295 e. The van der Waals surface area contributed by atoms with Crippen molar-refractivity contribution in [3.05, 3.63) is 0 Å². The molecule has 0 radical (unpaired) electrons. The van der Waals surface area contributed by atoms with Gasteiger partial charge in [0.2, 0.25) is 0 Å². The molecule has 3 unspecified atom stereocenters. The van der Waals surface area contributed by atoms with Gasteiger partial charge in [-0.2, -0.15) is 0 Å². The maximum Gasteiger partial charge on any atom is 0.146 e. The summed E-state index contributed by atoms with van der Waals surface area (Å²) in [5, 5.41) is 3.58. The van der Waals surface area contributed by atoms with E-state index in [0.717, 1.165) is 25.0 Å². The summed E-state index contributed by atoms with van der Waals surface area (Å²) in [6.45, 7) is 10.9. The first-order valence-electron chi connectivity index (χ1n) is 7.61. The number of rotatable bonds is 6. The van der Waals surface area contributed by atoms with Crippen molar-refractivity contribution in [3.63, 3.8) is 0 Å². The van der Waals surface area contributed by atoms with Crippen molar-refractivity contribution < 1.29 is 4.48 Å². The molecule has 0 aromatic rings. The van der Waals surface area contributed by atoms with Crippen LogP contribution < -0.4 is 5.32 Å². The number of halogens is 1. The number of quaternary nitrogens is 1. The summed E-state index contributed by atoms with van der Waals surface area (Å²) in [7, 11) is 0. The lowest BCUT2D eigenvalue weighted by atomic mass is 10.2. The summed E-state index contributed by atoms with van der Waals surface area (Å²) in [4.78, 5) is 2.77. The van der Waals surface area contributed by atoms with Crippen molar-refractivity contribution in [1.82, 2.24) is 10.2 Å². The summed E-state index contributed by atoms with van der Waals surface area (Å²) in [5.41, 5.74) is 0. The molecule has 3 nitrogen and oxygen atoms in total. The lowest BCUT2D eigenvalue weighted by Crippen LogP contribution is -2.62. The molecule has 0 saturated carbocycles. The Morgan fingerprint density at radius 1 is 1.50 bits per heavy atom. The van der Waals surface area contributed by atoms with Crippen molar-refractivity contribution in [2.75, 3.05) is 38.7 Å². The van der Waals surface area contributed by atoms with Gasteiger partial charge in [-0.1, -0.05) is 6.92 Å². The van der Waals surface area contributed by atoms with Crippen LogP contribution in [-0.2, 0) is 0 Å². The highest BCUT2D eigenvalue weighted by Crippen LogP contribution is 2.29. The van der Waals surface area contributed by atoms with E-state index in [2.05, 4.69) is 24.1 Å². The van der Waals surface area contributed by atoms with E-state index in [-0.39, 0.29) is 0 Å². The molecule has 0 bridgehead atoms. The molecule has 1 N–H and O–H groups in total. The smallest absolute Gasteiger partial charge is 0.146 e. The highest BCUT2D eigenvalue weighted by molar-refractivity contribution is 6.17. The van der Waals surface area contributed by atoms with Gasteiger partial charge in [0.25, 0.3) is 0 Å². The van der Waals surface area contributed by atoms with Crippen LogP contribution in [0.1, 0.15) is 39.5 Å². The van der Waals surface area contributed by atoms with Crippen molar-refractivity contribution in [1.29, 1.82) is 0 Å². The summed E-state index contributed by atoms with van der Waals surface area (Å²) < 4.78 is 1.23. The Balaban J connectivity index is 2.11. The van der Waals surface area contributed by atoms with Gasteiger partial charge in [0.15, 0.2) is 0 Å². The number of hydrogen-bond acceptors (Lipinski definition) is 2. The zero-order valence-electron chi connectivity index (χ0n) is 12.0. The van der Waals surface area contributed by atoms with E-state index in [4.69, 9.17) is 11.6 Å². The van der Waals surface area contributed by atoms with Gasteiger partial charge in [0, 0.05) is 37.9 Å². The third-order valence-corrected chi connectivity index (χ3v) is 5.15. The van der Waals surface area contributed by atoms with Crippen LogP contribution in [0.5, 0.6) is 0 Å². The molecule has 0 spiro atoms. The van der Waals surface area contributed by atoms with E-state index < -0.39 is 0 Å². The zero-order chi connectivity index (χ0) is 13.0. The molecule has 106 valence electrons. The van der Waals surface area contributed by atoms with Crippen LogP contribution in [0.15, 0.2) is 0 Å². The average Bonchev–Trinajstić information content (AvgIpc) is 2.99. The highest BCUT2D eigenvalue weighted by Gasteiger charge is 2.43. The molecule has 0 aliphatic carbocycles. The minimum absolute atomic E-state index is 0.695. The Labute approximate surface area is 117 Å². The SMILES string of the molecule is CCC(N1CCCC1C)[N+]1(CCCCl)CCNC1. The van der Waals surface area contributed by atoms with Crippen molar-refractivity contribution in [2.45, 2.75) is 51.7 Å². The Morgan fingerprint density at radius 3 is 2.83 bits per heavy atom. The molecule has 3 atom stereocenters. The van der Waals surface area contributed by atoms with E-state index in [1.165, 1.54) is 49.9 Å². The number of alkyl halides is 1. The molecular weight excluding hydrogens is 246 g/mol. The summed E-state index contributed by atoms with van der Waals surface area (Å²) in [6.07, 6.45) is 5.84. The second-order valence-corrected chi connectivity index (χ2v) is 6.36. The molecule has 2 aliphatic heterocycles. The number of likely N-dealkylation sites (tertiary alicyclic amines) is 1. The lowest BCUT2D eigenvalue weighted by Gasteiger charge is -2.46. The van der Waals surface area contributed by atoms with Crippen LogP contribution >= 0.6 is 11.6 Å². The first-order valence-corrected chi connectivity index (χ1v) is 8.15. The lowest BCUT2D eigenvalue weighted by molar-refractivity contribution is -0.952. The molecule has 18 heavy (non-hydrogen) atoms. The Morgan fingerprint density at radius 2 is 2.33 bits per heavy atom. The van der Waals surface area contributed by atoms with Gasteiger partial charge >= 0.3 is 0 Å². The van der Waals surface area contributed by atoms with E-state index in [9.17, 15) is 0 Å². The summed E-state index contributed by atoms with van der Waals surface area (Å²) in [6, 6.07) is 0.765. The maximum absolute atomic E-state index is 5.93. The molecule has 2 aliphatic rings. The van der Waals surface area contributed by atoms with Gasteiger partial charge in [-0.15, -0.1) is 11.6 Å². The van der Waals surface area contributed by atoms with Crippen LogP contribution in [0.25, 0.3) is 0 Å². The van der Waals surface area contributed by atoms with Crippen molar-refractivity contribution in [2.24, 2.45) is 0 Å². The number of nitrogens with one attached hydrogen (secondary N) is 1. The van der Waals surface area contributed by atoms with Gasteiger partial charge in [0.05, 0.1) is 13.1 Å². The molecule has 2 saturated heterocycles. The maximum atomic E-state index is 5.93. The molecule has 2 fully saturated rings. The number of nitrogens with zero attached hydrogens (tertiary/aromatic N) is 2. The quantitative estimate of drug-likeness (QED) is 0.590. The van der Waals surface area contributed by atoms with Crippen LogP contribution in [0.3, 0.4) is 0 Å². The average molecular weight is 275 g/mol. The Kier molecular flexibility index (Phi) is 5.31. The Bertz CT molecular complexity index is 253. The van der Waals surface area contributed by atoms with Crippen LogP contribution in [0, 0.1) is 0 Å². The van der Waals surface area contributed by atoms with Crippen LogP contribution in [0.2, 0.25) is 0 Å². The van der Waals surface area contributed by atoms with Gasteiger partial charge < -0.3 is 0 Å². The topological polar surface area (TPSA) is 15.3 Å². The minimum atomic E-state index is 0.695. The van der Waals surface area contributed by atoms with Gasteiger partial charge in [-0.3, -0.25) is 14.7 Å². The first kappa shape index (κ1) is 14.6. The third kappa shape index (κ3) is 2.84. The van der Waals surface area contributed by atoms with Crippen molar-refractivity contribution >= 4 is 11.6 Å². The van der Waals surface area contributed by atoms with Gasteiger partial charge in [-0.05, 0) is 19.8 Å². The van der Waals surface area contributed by atoms with E-state index >= 15 is 0 Å². The molecule has 2 rings (SSSR count). The molecule has 0 aromatic heterocycles. The predicted octanol–water partition coefficient (Wildman–Crippen LogP) is 2.21. The molecular formula is C14H29ClN3+. The first-order chi connectivity index (χ1) is 8.73. The van der Waals surface area contributed by atoms with E-state index in [1.807, 2.05) is 0 Å². The predicted molar refractivity (Wildman–Crippen MR) is 77.7 cm³/mol. The van der Waals surface area contributed by atoms with Gasteiger partial charge in [0.1, 0.15) is 12.8 Å². The Hall–Kier alpha value is 0.170. The monoisotopic (exact) mass is 274 g/mol. The number of hydrogen-bond donors (Lipinski definition) is 1. The summed E-state index contributed by atoms with van der Waals surface area (Å²) >= 11 is 5.93. The second kappa shape index (κ2) is 6.56. The van der Waals surface area contributed by atoms with E-state index in [0.29, 0.717) is 6.17 Å². The fourth-order valence-electron chi connectivity index (χ4n) is 3.99. The van der Waals surface area contributed by atoms with Crippen LogP contribution in [0.4, 0.5) is 0 Å². The molecule has 0 amide bonds. The fraction of sp³-hybridized carbons (Fsp3) is 1.00. The second-order valence-electron chi connectivity index (χ2n) is 5.98. The summed E-state index contributed by atoms with van der Waals surface area (Å²) in [5.74, 6) is 0.798. The molecule has 4 heteroatoms. The highest BCUT2D eigenvalue weighted by atomic mass is 35.5. The minimum Gasteiger partial charge on any atom is -0.295 e. The van der Waals surface area contributed by atoms with Crippen LogP contribution in [-0.4, -0.2) is 60.3 Å². The molecule has 0 aromatic carbocycles. The zero-order valence-corrected chi connectivity index (χ0v) is 12.8.